The standard InChI is InChI=1S/C15H19N3O5S/c1-10-3-4-12(7-16-10)24(21,22)17-14(20)18-8-11-5-6-15(11,9-18)13(19)23-2/h3-4,7,11H,5-6,8-9H2,1-2H3,(H,17,20)/t11-,15-/m0/s1. The summed E-state index contributed by atoms with van der Waals surface area (Å²) in [5.41, 5.74) is -0.00206. The van der Waals surface area contributed by atoms with Crippen molar-refractivity contribution in [2.75, 3.05) is 20.2 Å². The third-order valence-corrected chi connectivity index (χ3v) is 6.23. The van der Waals surface area contributed by atoms with Crippen molar-refractivity contribution < 1.29 is 22.7 Å². The SMILES string of the molecule is COC(=O)[C@]12CC[C@H]1CN(C(=O)NS(=O)(=O)c1ccc(C)nc1)C2. The summed E-state index contributed by atoms with van der Waals surface area (Å²) < 4.78 is 31.4. The highest BCUT2D eigenvalue weighted by atomic mass is 32.2. The lowest BCUT2D eigenvalue weighted by molar-refractivity contribution is -0.160. The molecular formula is C15H19N3O5S. The van der Waals surface area contributed by atoms with Crippen LogP contribution in [-0.2, 0) is 19.6 Å². The van der Waals surface area contributed by atoms with Crippen molar-refractivity contribution in [3.63, 3.8) is 0 Å². The van der Waals surface area contributed by atoms with E-state index < -0.39 is 21.5 Å². The number of carbonyl (C=O) groups excluding carboxylic acids is 2. The van der Waals surface area contributed by atoms with Crippen LogP contribution in [0.25, 0.3) is 0 Å². The Morgan fingerprint density at radius 1 is 1.42 bits per heavy atom. The highest BCUT2D eigenvalue weighted by Gasteiger charge is 2.59. The Bertz CT molecular complexity index is 777. The third-order valence-electron chi connectivity index (χ3n) is 4.93. The molecule has 2 aliphatic rings. The number of fused-ring (bicyclic) bond motifs is 1. The van der Waals surface area contributed by atoms with Crippen LogP contribution in [0.5, 0.6) is 0 Å². The first-order chi connectivity index (χ1) is 11.3. The van der Waals surface area contributed by atoms with Gasteiger partial charge < -0.3 is 9.64 Å². The Hall–Kier alpha value is -2.16. The minimum absolute atomic E-state index is 0.0273. The average molecular weight is 353 g/mol. The van der Waals surface area contributed by atoms with Crippen LogP contribution in [0.1, 0.15) is 18.5 Å². The minimum atomic E-state index is -3.99. The number of pyridine rings is 1. The average Bonchev–Trinajstić information content (AvgIpc) is 2.79. The zero-order valence-corrected chi connectivity index (χ0v) is 14.3. The van der Waals surface area contributed by atoms with Gasteiger partial charge in [-0.1, -0.05) is 0 Å². The molecule has 24 heavy (non-hydrogen) atoms. The number of aryl methyl sites for hydroxylation is 1. The maximum absolute atomic E-state index is 12.3. The molecule has 3 rings (SSSR count). The van der Waals surface area contributed by atoms with Crippen molar-refractivity contribution in [2.45, 2.75) is 24.7 Å². The second-order valence-corrected chi connectivity index (χ2v) is 7.99. The molecular weight excluding hydrogens is 334 g/mol. The molecule has 1 aromatic rings. The van der Waals surface area contributed by atoms with Gasteiger partial charge >= 0.3 is 12.0 Å². The normalized spacial score (nSPS) is 25.6. The number of carbonyl (C=O) groups is 2. The number of ether oxygens (including phenoxy) is 1. The molecule has 2 atom stereocenters. The Labute approximate surface area is 140 Å². The van der Waals surface area contributed by atoms with Gasteiger partial charge in [-0.05, 0) is 37.8 Å². The maximum Gasteiger partial charge on any atom is 0.331 e. The van der Waals surface area contributed by atoms with Gasteiger partial charge in [0.25, 0.3) is 10.0 Å². The van der Waals surface area contributed by atoms with Crippen LogP contribution in [0.2, 0.25) is 0 Å². The molecule has 0 unspecified atom stereocenters. The molecule has 0 radical (unpaired) electrons. The van der Waals surface area contributed by atoms with Crippen molar-refractivity contribution in [1.82, 2.24) is 14.6 Å². The van der Waals surface area contributed by atoms with Crippen molar-refractivity contribution in [2.24, 2.45) is 11.3 Å². The summed E-state index contributed by atoms with van der Waals surface area (Å²) in [7, 11) is -2.67. The number of nitrogens with one attached hydrogen (secondary N) is 1. The number of methoxy groups -OCH3 is 1. The van der Waals surface area contributed by atoms with Crippen molar-refractivity contribution in [1.29, 1.82) is 0 Å². The number of sulfonamides is 1. The van der Waals surface area contributed by atoms with Gasteiger partial charge in [-0.15, -0.1) is 0 Å². The first kappa shape index (κ1) is 16.7. The second-order valence-electron chi connectivity index (χ2n) is 6.31. The van der Waals surface area contributed by atoms with Gasteiger partial charge in [0.15, 0.2) is 0 Å². The van der Waals surface area contributed by atoms with Gasteiger partial charge in [-0.3, -0.25) is 9.78 Å². The fraction of sp³-hybridized carbons (Fsp3) is 0.533. The molecule has 1 aromatic heterocycles. The number of hydrogen-bond donors (Lipinski definition) is 1. The van der Waals surface area contributed by atoms with Crippen LogP contribution in [-0.4, -0.2) is 50.5 Å². The molecule has 1 aliphatic heterocycles. The highest BCUT2D eigenvalue weighted by molar-refractivity contribution is 7.90. The van der Waals surface area contributed by atoms with Crippen LogP contribution < -0.4 is 4.72 Å². The predicted octanol–water partition coefficient (Wildman–Crippen LogP) is 0.673. The summed E-state index contributed by atoms with van der Waals surface area (Å²) in [6.45, 7) is 2.27. The molecule has 9 heteroatoms. The number of hydrogen-bond acceptors (Lipinski definition) is 6. The van der Waals surface area contributed by atoms with Crippen LogP contribution in [0.3, 0.4) is 0 Å². The van der Waals surface area contributed by atoms with Crippen molar-refractivity contribution >= 4 is 22.0 Å². The van der Waals surface area contributed by atoms with Crippen LogP contribution in [0.4, 0.5) is 4.79 Å². The van der Waals surface area contributed by atoms with Crippen molar-refractivity contribution in [3.8, 4) is 0 Å². The zero-order chi connectivity index (χ0) is 17.5. The van der Waals surface area contributed by atoms with Gasteiger partial charge in [-0.2, -0.15) is 0 Å². The molecule has 1 saturated carbocycles. The molecule has 0 bridgehead atoms. The summed E-state index contributed by atoms with van der Waals surface area (Å²) in [5, 5.41) is 0. The molecule has 0 spiro atoms. The van der Waals surface area contributed by atoms with Gasteiger partial charge in [-0.25, -0.2) is 17.9 Å². The Morgan fingerprint density at radius 2 is 2.17 bits per heavy atom. The summed E-state index contributed by atoms with van der Waals surface area (Å²) in [6.07, 6.45) is 2.69. The quantitative estimate of drug-likeness (QED) is 0.801. The molecule has 0 aromatic carbocycles. The van der Waals surface area contributed by atoms with Crippen LogP contribution in [0, 0.1) is 18.3 Å². The lowest BCUT2D eigenvalue weighted by atomic mass is 9.62. The number of amides is 2. The number of esters is 1. The van der Waals surface area contributed by atoms with E-state index in [1.54, 1.807) is 13.0 Å². The van der Waals surface area contributed by atoms with E-state index in [0.29, 0.717) is 18.7 Å². The van der Waals surface area contributed by atoms with E-state index in [0.717, 1.165) is 6.42 Å². The summed E-state index contributed by atoms with van der Waals surface area (Å²) in [5.74, 6) is -0.306. The molecule has 1 N–H and O–H groups in total. The van der Waals surface area contributed by atoms with E-state index in [2.05, 4.69) is 4.98 Å². The highest BCUT2D eigenvalue weighted by Crippen LogP contribution is 2.52. The zero-order valence-electron chi connectivity index (χ0n) is 13.5. The molecule has 1 aliphatic carbocycles. The molecule has 130 valence electrons. The number of urea groups is 1. The Morgan fingerprint density at radius 3 is 2.71 bits per heavy atom. The Balaban J connectivity index is 1.72. The van der Waals surface area contributed by atoms with E-state index in [-0.39, 0.29) is 23.3 Å². The molecule has 2 heterocycles. The second kappa shape index (κ2) is 5.73. The molecule has 2 amide bonds. The van der Waals surface area contributed by atoms with E-state index in [1.165, 1.54) is 24.3 Å². The van der Waals surface area contributed by atoms with E-state index in [4.69, 9.17) is 4.74 Å². The number of nitrogens with zero attached hydrogens (tertiary/aromatic N) is 2. The van der Waals surface area contributed by atoms with Gasteiger partial charge in [0, 0.05) is 25.0 Å². The smallest absolute Gasteiger partial charge is 0.331 e. The number of aromatic nitrogens is 1. The lowest BCUT2D eigenvalue weighted by Gasteiger charge is -2.40. The van der Waals surface area contributed by atoms with Crippen molar-refractivity contribution in [3.05, 3.63) is 24.0 Å². The summed E-state index contributed by atoms with van der Waals surface area (Å²) in [6, 6.07) is 2.22. The lowest BCUT2D eigenvalue weighted by Crippen LogP contribution is -2.47. The largest absolute Gasteiger partial charge is 0.469 e. The first-order valence-electron chi connectivity index (χ1n) is 7.61. The van der Waals surface area contributed by atoms with Crippen LogP contribution in [0.15, 0.2) is 23.2 Å². The monoisotopic (exact) mass is 353 g/mol. The number of rotatable bonds is 3. The van der Waals surface area contributed by atoms with Gasteiger partial charge in [0.1, 0.15) is 4.90 Å². The summed E-state index contributed by atoms with van der Waals surface area (Å²) >= 11 is 0. The van der Waals surface area contributed by atoms with E-state index in [1.807, 2.05) is 4.72 Å². The predicted molar refractivity (Wildman–Crippen MR) is 83.4 cm³/mol. The van der Waals surface area contributed by atoms with Gasteiger partial charge in [0.2, 0.25) is 0 Å². The topological polar surface area (TPSA) is 106 Å². The third kappa shape index (κ3) is 2.62. The maximum atomic E-state index is 12.3. The minimum Gasteiger partial charge on any atom is -0.469 e. The van der Waals surface area contributed by atoms with Crippen LogP contribution >= 0.6 is 0 Å². The summed E-state index contributed by atoms with van der Waals surface area (Å²) in [4.78, 5) is 29.5. The van der Waals surface area contributed by atoms with E-state index >= 15 is 0 Å². The Kier molecular flexibility index (Phi) is 3.98. The van der Waals surface area contributed by atoms with Gasteiger partial charge in [0.05, 0.1) is 12.5 Å². The molecule has 8 nitrogen and oxygen atoms in total. The first-order valence-corrected chi connectivity index (χ1v) is 9.09. The fourth-order valence-electron chi connectivity index (χ4n) is 3.39. The van der Waals surface area contributed by atoms with E-state index in [9.17, 15) is 18.0 Å². The fourth-order valence-corrected chi connectivity index (χ4v) is 4.30. The molecule has 1 saturated heterocycles. The number of likely N-dealkylation sites (tertiary alicyclic amines) is 1. The molecule has 2 fully saturated rings.